The molecule has 0 N–H and O–H groups in total. The van der Waals surface area contributed by atoms with Crippen LogP contribution in [0.25, 0.3) is 11.3 Å². The van der Waals surface area contributed by atoms with Crippen LogP contribution in [0.5, 0.6) is 5.75 Å². The molecule has 0 bridgehead atoms. The highest BCUT2D eigenvalue weighted by molar-refractivity contribution is 7.09. The van der Waals surface area contributed by atoms with Crippen LogP contribution in [0, 0.1) is 11.3 Å². The van der Waals surface area contributed by atoms with Gasteiger partial charge in [0.05, 0.1) is 23.9 Å². The zero-order valence-electron chi connectivity index (χ0n) is 9.51. The van der Waals surface area contributed by atoms with Crippen molar-refractivity contribution in [2.75, 3.05) is 7.11 Å². The third-order valence-electron chi connectivity index (χ3n) is 2.39. The van der Waals surface area contributed by atoms with E-state index in [1.165, 1.54) is 0 Å². The van der Waals surface area contributed by atoms with Gasteiger partial charge in [-0.1, -0.05) is 12.1 Å². The predicted molar refractivity (Wildman–Crippen MR) is 68.0 cm³/mol. The van der Waals surface area contributed by atoms with Gasteiger partial charge in [0.1, 0.15) is 5.75 Å². The zero-order valence-corrected chi connectivity index (χ0v) is 10.3. The number of nitrogens with zero attached hydrogens (tertiary/aromatic N) is 2. The van der Waals surface area contributed by atoms with Gasteiger partial charge in [0.15, 0.2) is 0 Å². The van der Waals surface area contributed by atoms with Crippen LogP contribution in [0.2, 0.25) is 0 Å². The van der Waals surface area contributed by atoms with Gasteiger partial charge in [0.25, 0.3) is 0 Å². The summed E-state index contributed by atoms with van der Waals surface area (Å²) in [6, 6.07) is 9.94. The first-order valence-corrected chi connectivity index (χ1v) is 6.18. The van der Waals surface area contributed by atoms with E-state index in [0.29, 0.717) is 6.42 Å². The summed E-state index contributed by atoms with van der Waals surface area (Å²) in [5.74, 6) is 0.824. The van der Waals surface area contributed by atoms with Crippen molar-refractivity contribution in [2.45, 2.75) is 12.8 Å². The molecule has 1 heterocycles. The zero-order chi connectivity index (χ0) is 12.1. The lowest BCUT2D eigenvalue weighted by atomic mass is 10.1. The molecule has 2 rings (SSSR count). The Morgan fingerprint density at radius 2 is 2.24 bits per heavy atom. The van der Waals surface area contributed by atoms with Gasteiger partial charge in [0, 0.05) is 23.8 Å². The van der Waals surface area contributed by atoms with Gasteiger partial charge in [-0.3, -0.25) is 0 Å². The van der Waals surface area contributed by atoms with Crippen molar-refractivity contribution in [3.8, 4) is 23.1 Å². The van der Waals surface area contributed by atoms with E-state index in [0.717, 1.165) is 28.4 Å². The third kappa shape index (κ3) is 2.63. The number of nitriles is 1. The maximum Gasteiger partial charge on any atom is 0.128 e. The fourth-order valence-electron chi connectivity index (χ4n) is 1.57. The fraction of sp³-hybridized carbons (Fsp3) is 0.231. The van der Waals surface area contributed by atoms with Crippen LogP contribution in [-0.4, -0.2) is 12.1 Å². The van der Waals surface area contributed by atoms with Crippen molar-refractivity contribution in [3.05, 3.63) is 34.7 Å². The molecule has 0 amide bonds. The quantitative estimate of drug-likeness (QED) is 0.829. The summed E-state index contributed by atoms with van der Waals surface area (Å²) >= 11 is 1.59. The second kappa shape index (κ2) is 5.46. The number of ether oxygens (including phenoxy) is 1. The van der Waals surface area contributed by atoms with Crippen LogP contribution in [0.4, 0.5) is 0 Å². The summed E-state index contributed by atoms with van der Waals surface area (Å²) in [5, 5.41) is 11.5. The molecule has 0 saturated carbocycles. The van der Waals surface area contributed by atoms with Crippen molar-refractivity contribution in [2.24, 2.45) is 0 Å². The molecule has 0 aliphatic rings. The number of para-hydroxylation sites is 1. The van der Waals surface area contributed by atoms with Crippen LogP contribution >= 0.6 is 11.3 Å². The maximum absolute atomic E-state index is 8.54. The largest absolute Gasteiger partial charge is 0.496 e. The molecule has 0 aliphatic heterocycles. The summed E-state index contributed by atoms with van der Waals surface area (Å²) in [5.41, 5.74) is 1.91. The van der Waals surface area contributed by atoms with Crippen molar-refractivity contribution in [1.29, 1.82) is 5.26 Å². The molecule has 2 aromatic rings. The van der Waals surface area contributed by atoms with E-state index in [1.807, 2.05) is 29.6 Å². The number of aryl methyl sites for hydroxylation is 1. The Hall–Kier alpha value is -1.86. The van der Waals surface area contributed by atoms with Crippen molar-refractivity contribution >= 4 is 11.3 Å². The average Bonchev–Trinajstić information content (AvgIpc) is 2.85. The number of hydrogen-bond donors (Lipinski definition) is 0. The predicted octanol–water partition coefficient (Wildman–Crippen LogP) is 3.27. The van der Waals surface area contributed by atoms with Crippen molar-refractivity contribution < 1.29 is 4.74 Å². The molecule has 0 atom stereocenters. The SMILES string of the molecule is COc1ccccc1-c1csc(CCC#N)n1. The van der Waals surface area contributed by atoms with E-state index < -0.39 is 0 Å². The van der Waals surface area contributed by atoms with E-state index >= 15 is 0 Å². The second-order valence-corrected chi connectivity index (χ2v) is 4.43. The van der Waals surface area contributed by atoms with Gasteiger partial charge in [-0.15, -0.1) is 11.3 Å². The minimum absolute atomic E-state index is 0.513. The first-order valence-electron chi connectivity index (χ1n) is 5.30. The molecular formula is C13H12N2OS. The molecular weight excluding hydrogens is 232 g/mol. The van der Waals surface area contributed by atoms with Gasteiger partial charge in [-0.25, -0.2) is 4.98 Å². The van der Waals surface area contributed by atoms with Gasteiger partial charge >= 0.3 is 0 Å². The van der Waals surface area contributed by atoms with E-state index in [-0.39, 0.29) is 0 Å². The lowest BCUT2D eigenvalue weighted by Gasteiger charge is -2.04. The molecule has 0 fully saturated rings. The van der Waals surface area contributed by atoms with Crippen LogP contribution in [0.15, 0.2) is 29.6 Å². The second-order valence-electron chi connectivity index (χ2n) is 3.48. The minimum Gasteiger partial charge on any atom is -0.496 e. The normalized spacial score (nSPS) is 9.88. The molecule has 1 aromatic heterocycles. The average molecular weight is 244 g/mol. The molecule has 0 radical (unpaired) electrons. The highest BCUT2D eigenvalue weighted by Gasteiger charge is 2.08. The Labute approximate surface area is 104 Å². The highest BCUT2D eigenvalue weighted by atomic mass is 32.1. The number of rotatable bonds is 4. The van der Waals surface area contributed by atoms with Crippen molar-refractivity contribution in [3.63, 3.8) is 0 Å². The molecule has 4 heteroatoms. The number of benzene rings is 1. The highest BCUT2D eigenvalue weighted by Crippen LogP contribution is 2.30. The molecule has 0 unspecified atom stereocenters. The lowest BCUT2D eigenvalue weighted by Crippen LogP contribution is -1.88. The Kier molecular flexibility index (Phi) is 3.73. The smallest absolute Gasteiger partial charge is 0.128 e. The Morgan fingerprint density at radius 1 is 1.41 bits per heavy atom. The first kappa shape index (κ1) is 11.6. The van der Waals surface area contributed by atoms with E-state index in [2.05, 4.69) is 11.1 Å². The summed E-state index contributed by atoms with van der Waals surface area (Å²) in [6.07, 6.45) is 1.23. The minimum atomic E-state index is 0.513. The molecule has 3 nitrogen and oxygen atoms in total. The van der Waals surface area contributed by atoms with Crippen LogP contribution < -0.4 is 4.74 Å². The number of aromatic nitrogens is 1. The summed E-state index contributed by atoms with van der Waals surface area (Å²) in [4.78, 5) is 4.51. The Bertz CT molecular complexity index is 542. The van der Waals surface area contributed by atoms with E-state index in [9.17, 15) is 0 Å². The summed E-state index contributed by atoms with van der Waals surface area (Å²) in [6.45, 7) is 0. The molecule has 86 valence electrons. The van der Waals surface area contributed by atoms with Crippen LogP contribution in [0.3, 0.4) is 0 Å². The van der Waals surface area contributed by atoms with Gasteiger partial charge in [0.2, 0.25) is 0 Å². The Morgan fingerprint density at radius 3 is 3.00 bits per heavy atom. The first-order chi connectivity index (χ1) is 8.35. The molecule has 0 saturated heterocycles. The number of methoxy groups -OCH3 is 1. The van der Waals surface area contributed by atoms with Gasteiger partial charge in [-0.2, -0.15) is 5.26 Å². The molecule has 0 spiro atoms. The van der Waals surface area contributed by atoms with Crippen molar-refractivity contribution in [1.82, 2.24) is 4.98 Å². The topological polar surface area (TPSA) is 45.9 Å². The number of hydrogen-bond acceptors (Lipinski definition) is 4. The number of thiazole rings is 1. The summed E-state index contributed by atoms with van der Waals surface area (Å²) in [7, 11) is 1.65. The van der Waals surface area contributed by atoms with Gasteiger partial charge in [-0.05, 0) is 12.1 Å². The van der Waals surface area contributed by atoms with Crippen LogP contribution in [0.1, 0.15) is 11.4 Å². The third-order valence-corrected chi connectivity index (χ3v) is 3.29. The fourth-order valence-corrected chi connectivity index (χ4v) is 2.37. The molecule has 0 aliphatic carbocycles. The van der Waals surface area contributed by atoms with E-state index in [1.54, 1.807) is 18.4 Å². The lowest BCUT2D eigenvalue weighted by molar-refractivity contribution is 0.416. The maximum atomic E-state index is 8.54. The standard InChI is InChI=1S/C13H12N2OS/c1-16-12-6-3-2-5-10(12)11-9-17-13(15-11)7-4-8-14/h2-3,5-6,9H,4,7H2,1H3. The Balaban J connectivity index is 2.28. The van der Waals surface area contributed by atoms with E-state index in [4.69, 9.17) is 10.00 Å². The van der Waals surface area contributed by atoms with Crippen LogP contribution in [-0.2, 0) is 6.42 Å². The van der Waals surface area contributed by atoms with Gasteiger partial charge < -0.3 is 4.74 Å². The summed E-state index contributed by atoms with van der Waals surface area (Å²) < 4.78 is 5.30. The monoisotopic (exact) mass is 244 g/mol. The molecule has 1 aromatic carbocycles. The molecule has 17 heavy (non-hydrogen) atoms.